The van der Waals surface area contributed by atoms with Crippen LogP contribution in [0.4, 0.5) is 27.4 Å². The van der Waals surface area contributed by atoms with Crippen molar-refractivity contribution in [3.05, 3.63) is 60.2 Å². The molecule has 0 saturated heterocycles. The van der Waals surface area contributed by atoms with Crippen molar-refractivity contribution in [2.75, 3.05) is 10.6 Å². The Morgan fingerprint density at radius 2 is 1.96 bits per heavy atom. The lowest BCUT2D eigenvalue weighted by Crippen LogP contribution is -2.14. The largest absolute Gasteiger partial charge is 0.399 e. The number of benzene rings is 2. The van der Waals surface area contributed by atoms with Gasteiger partial charge in [0.15, 0.2) is 5.78 Å². The van der Waals surface area contributed by atoms with E-state index < -0.39 is 5.82 Å². The van der Waals surface area contributed by atoms with Gasteiger partial charge in [-0.05, 0) is 49.4 Å². The molecule has 0 fully saturated rings. The van der Waals surface area contributed by atoms with E-state index in [0.29, 0.717) is 22.9 Å². The SMILES string of the molecule is CC(=O)c1ccc(N(c2ncn[nH]2)c2cc(N)ccc2F)cc1. The van der Waals surface area contributed by atoms with Crippen LogP contribution >= 0.6 is 0 Å². The number of ketones is 1. The number of rotatable bonds is 4. The number of aromatic amines is 1. The fourth-order valence-corrected chi connectivity index (χ4v) is 2.23. The second kappa shape index (κ2) is 5.88. The van der Waals surface area contributed by atoms with Crippen molar-refractivity contribution < 1.29 is 9.18 Å². The fraction of sp³-hybridized carbons (Fsp3) is 0.0625. The summed E-state index contributed by atoms with van der Waals surface area (Å²) in [6.07, 6.45) is 1.33. The van der Waals surface area contributed by atoms with Gasteiger partial charge in [-0.15, -0.1) is 0 Å². The van der Waals surface area contributed by atoms with E-state index in [9.17, 15) is 9.18 Å². The summed E-state index contributed by atoms with van der Waals surface area (Å²) in [6.45, 7) is 1.49. The lowest BCUT2D eigenvalue weighted by Gasteiger charge is -2.22. The van der Waals surface area contributed by atoms with Crippen LogP contribution in [0.15, 0.2) is 48.8 Å². The smallest absolute Gasteiger partial charge is 0.230 e. The van der Waals surface area contributed by atoms with Gasteiger partial charge in [-0.2, -0.15) is 10.1 Å². The standard InChI is InChI=1S/C16H14FN5O/c1-10(23)11-2-5-13(6-3-11)22(16-19-9-20-21-16)15-8-12(18)4-7-14(15)17/h2-9H,18H2,1H3,(H,19,20,21). The van der Waals surface area contributed by atoms with E-state index in [1.165, 1.54) is 31.5 Å². The Labute approximate surface area is 131 Å². The number of carbonyl (C=O) groups excluding carboxylic acids is 1. The number of H-pyrrole nitrogens is 1. The average Bonchev–Trinajstić information content (AvgIpc) is 3.05. The number of nitrogens with two attached hydrogens (primary N) is 1. The maximum Gasteiger partial charge on any atom is 0.230 e. The third-order valence-corrected chi connectivity index (χ3v) is 3.36. The highest BCUT2D eigenvalue weighted by Gasteiger charge is 2.19. The lowest BCUT2D eigenvalue weighted by molar-refractivity contribution is 0.101. The highest BCUT2D eigenvalue weighted by Crippen LogP contribution is 2.34. The molecule has 23 heavy (non-hydrogen) atoms. The summed E-state index contributed by atoms with van der Waals surface area (Å²) in [5.41, 5.74) is 7.62. The Morgan fingerprint density at radius 3 is 2.57 bits per heavy atom. The average molecular weight is 311 g/mol. The number of nitrogens with zero attached hydrogens (tertiary/aromatic N) is 3. The molecule has 0 atom stereocenters. The molecular weight excluding hydrogens is 297 g/mol. The highest BCUT2D eigenvalue weighted by atomic mass is 19.1. The third-order valence-electron chi connectivity index (χ3n) is 3.36. The van der Waals surface area contributed by atoms with Gasteiger partial charge < -0.3 is 5.73 Å². The summed E-state index contributed by atoms with van der Waals surface area (Å²) in [5.74, 6) is -0.158. The summed E-state index contributed by atoms with van der Waals surface area (Å²) in [7, 11) is 0. The Kier molecular flexibility index (Phi) is 3.76. The summed E-state index contributed by atoms with van der Waals surface area (Å²) in [5, 5.41) is 6.52. The van der Waals surface area contributed by atoms with Crippen molar-refractivity contribution >= 4 is 28.8 Å². The maximum absolute atomic E-state index is 14.3. The Morgan fingerprint density at radius 1 is 1.22 bits per heavy atom. The zero-order chi connectivity index (χ0) is 16.4. The summed E-state index contributed by atoms with van der Waals surface area (Å²) < 4.78 is 14.3. The van der Waals surface area contributed by atoms with E-state index in [1.807, 2.05) is 0 Å². The number of hydrogen-bond donors (Lipinski definition) is 2. The van der Waals surface area contributed by atoms with Crippen LogP contribution in [0.2, 0.25) is 0 Å². The second-order valence-corrected chi connectivity index (χ2v) is 4.96. The molecule has 0 radical (unpaired) electrons. The molecule has 3 rings (SSSR count). The van der Waals surface area contributed by atoms with Crippen LogP contribution in [-0.2, 0) is 0 Å². The van der Waals surface area contributed by atoms with Gasteiger partial charge >= 0.3 is 0 Å². The molecule has 1 aromatic heterocycles. The van der Waals surface area contributed by atoms with Crippen LogP contribution in [0.25, 0.3) is 0 Å². The van der Waals surface area contributed by atoms with E-state index in [-0.39, 0.29) is 11.5 Å². The number of nitrogens with one attached hydrogen (secondary N) is 1. The number of nitrogen functional groups attached to an aromatic ring is 1. The first kappa shape index (κ1) is 14.7. The van der Waals surface area contributed by atoms with Gasteiger partial charge in [0.2, 0.25) is 5.95 Å². The Balaban J connectivity index is 2.13. The molecule has 0 bridgehead atoms. The monoisotopic (exact) mass is 311 g/mol. The summed E-state index contributed by atoms with van der Waals surface area (Å²) >= 11 is 0. The molecule has 0 aliphatic carbocycles. The molecule has 3 aromatic rings. The molecule has 1 heterocycles. The molecule has 116 valence electrons. The van der Waals surface area contributed by atoms with Crippen molar-refractivity contribution in [3.8, 4) is 0 Å². The first-order valence-corrected chi connectivity index (χ1v) is 6.88. The third kappa shape index (κ3) is 2.89. The molecule has 0 aliphatic heterocycles. The molecule has 0 saturated carbocycles. The number of anilines is 4. The number of halogens is 1. The number of carbonyl (C=O) groups is 1. The molecule has 0 unspecified atom stereocenters. The van der Waals surface area contributed by atoms with E-state index in [2.05, 4.69) is 15.2 Å². The number of aromatic nitrogens is 3. The normalized spacial score (nSPS) is 10.5. The predicted molar refractivity (Wildman–Crippen MR) is 85.4 cm³/mol. The minimum absolute atomic E-state index is 0.0436. The van der Waals surface area contributed by atoms with Gasteiger partial charge in [0, 0.05) is 16.9 Å². The van der Waals surface area contributed by atoms with Gasteiger partial charge in [0.05, 0.1) is 5.69 Å². The Bertz CT molecular complexity index is 830. The van der Waals surface area contributed by atoms with E-state index in [1.54, 1.807) is 29.2 Å². The molecule has 6 nitrogen and oxygen atoms in total. The molecule has 0 spiro atoms. The van der Waals surface area contributed by atoms with Gasteiger partial charge in [-0.3, -0.25) is 9.69 Å². The van der Waals surface area contributed by atoms with Gasteiger partial charge in [-0.1, -0.05) is 0 Å². The van der Waals surface area contributed by atoms with Crippen molar-refractivity contribution in [3.63, 3.8) is 0 Å². The quantitative estimate of drug-likeness (QED) is 0.570. The van der Waals surface area contributed by atoms with Crippen LogP contribution in [0.1, 0.15) is 17.3 Å². The summed E-state index contributed by atoms with van der Waals surface area (Å²) in [6, 6.07) is 11.0. The second-order valence-electron chi connectivity index (χ2n) is 4.96. The van der Waals surface area contributed by atoms with E-state index in [0.717, 1.165) is 0 Å². The lowest BCUT2D eigenvalue weighted by atomic mass is 10.1. The minimum atomic E-state index is -0.453. The maximum atomic E-state index is 14.3. The molecule has 0 amide bonds. The van der Waals surface area contributed by atoms with Crippen LogP contribution < -0.4 is 10.6 Å². The molecule has 0 aliphatic rings. The first-order valence-electron chi connectivity index (χ1n) is 6.88. The van der Waals surface area contributed by atoms with Crippen LogP contribution in [0, 0.1) is 5.82 Å². The van der Waals surface area contributed by atoms with E-state index >= 15 is 0 Å². The van der Waals surface area contributed by atoms with Crippen molar-refractivity contribution in [2.24, 2.45) is 0 Å². The molecular formula is C16H14FN5O. The first-order chi connectivity index (χ1) is 11.1. The number of Topliss-reactive ketones (excluding diaryl/α,β-unsaturated/α-hetero) is 1. The molecule has 2 aromatic carbocycles. The summed E-state index contributed by atoms with van der Waals surface area (Å²) in [4.78, 5) is 17.0. The van der Waals surface area contributed by atoms with Crippen LogP contribution in [0.3, 0.4) is 0 Å². The van der Waals surface area contributed by atoms with Crippen LogP contribution in [0.5, 0.6) is 0 Å². The molecule has 7 heteroatoms. The fourth-order valence-electron chi connectivity index (χ4n) is 2.23. The zero-order valence-electron chi connectivity index (χ0n) is 12.3. The van der Waals surface area contributed by atoms with Gasteiger partial charge in [0.1, 0.15) is 12.1 Å². The highest BCUT2D eigenvalue weighted by molar-refractivity contribution is 5.94. The van der Waals surface area contributed by atoms with Crippen LogP contribution in [-0.4, -0.2) is 21.0 Å². The van der Waals surface area contributed by atoms with Crippen molar-refractivity contribution in [1.82, 2.24) is 15.2 Å². The Hall–Kier alpha value is -3.22. The minimum Gasteiger partial charge on any atom is -0.399 e. The zero-order valence-corrected chi connectivity index (χ0v) is 12.3. The van der Waals surface area contributed by atoms with Crippen molar-refractivity contribution in [2.45, 2.75) is 6.92 Å². The predicted octanol–water partition coefficient (Wildman–Crippen LogP) is 3.20. The topological polar surface area (TPSA) is 87.9 Å². The van der Waals surface area contributed by atoms with Gasteiger partial charge in [0.25, 0.3) is 0 Å². The molecule has 3 N–H and O–H groups in total. The van der Waals surface area contributed by atoms with E-state index in [4.69, 9.17) is 5.73 Å². The number of hydrogen-bond acceptors (Lipinski definition) is 5. The van der Waals surface area contributed by atoms with Crippen molar-refractivity contribution in [1.29, 1.82) is 0 Å². The van der Waals surface area contributed by atoms with Gasteiger partial charge in [-0.25, -0.2) is 9.49 Å².